The molecular weight excluding hydrogens is 498 g/mol. The van der Waals surface area contributed by atoms with Crippen LogP contribution in [0.1, 0.15) is 24.9 Å². The highest BCUT2D eigenvalue weighted by molar-refractivity contribution is 6.13. The second kappa shape index (κ2) is 9.91. The molecule has 0 aliphatic heterocycles. The van der Waals surface area contributed by atoms with E-state index < -0.39 is 13.7 Å². The molecule has 0 aliphatic carbocycles. The van der Waals surface area contributed by atoms with E-state index in [4.69, 9.17) is 12.6 Å². The van der Waals surface area contributed by atoms with Gasteiger partial charge in [-0.3, -0.25) is 0 Å². The van der Waals surface area contributed by atoms with Crippen LogP contribution in [0.25, 0.3) is 66.6 Å². The summed E-state index contributed by atoms with van der Waals surface area (Å²) >= 11 is 0. The summed E-state index contributed by atoms with van der Waals surface area (Å²) in [6, 6.07) is 36.9. The van der Waals surface area contributed by atoms with E-state index in [0.717, 1.165) is 49.7 Å². The van der Waals surface area contributed by atoms with Crippen molar-refractivity contribution < 1.29 is 17.2 Å². The van der Waals surface area contributed by atoms with E-state index in [1.54, 1.807) is 22.9 Å². The molecule has 198 valence electrons. The van der Waals surface area contributed by atoms with Crippen LogP contribution in [0.4, 0.5) is 0 Å². The van der Waals surface area contributed by atoms with Gasteiger partial charge in [0.25, 0.3) is 0 Å². The Labute approximate surface area is 249 Å². The van der Waals surface area contributed by atoms with Gasteiger partial charge in [0.2, 0.25) is 5.69 Å². The zero-order valence-electron chi connectivity index (χ0n) is 28.9. The Morgan fingerprint density at radius 3 is 2.05 bits per heavy atom. The number of rotatable bonds is 4. The second-order valence-electron chi connectivity index (χ2n) is 10.5. The maximum Gasteiger partial charge on any atom is 0.216 e. The molecule has 2 heterocycles. The highest BCUT2D eigenvalue weighted by atomic mass is 16.3. The van der Waals surface area contributed by atoms with Crippen LogP contribution < -0.4 is 4.57 Å². The van der Waals surface area contributed by atoms with E-state index in [1.807, 2.05) is 98.9 Å². The lowest BCUT2D eigenvalue weighted by Crippen LogP contribution is -2.31. The maximum absolute atomic E-state index is 8.48. The molecule has 0 bridgehead atoms. The first-order valence-corrected chi connectivity index (χ1v) is 13.7. The van der Waals surface area contributed by atoms with E-state index in [2.05, 4.69) is 18.2 Å². The van der Waals surface area contributed by atoms with E-state index in [-0.39, 0.29) is 11.1 Å². The highest BCUT2D eigenvalue weighted by Crippen LogP contribution is 2.41. The summed E-state index contributed by atoms with van der Waals surface area (Å²) in [4.78, 5) is 0. The predicted octanol–water partition coefficient (Wildman–Crippen LogP) is 10.0. The van der Waals surface area contributed by atoms with Crippen molar-refractivity contribution in [3.05, 3.63) is 138 Å². The Hall–Kier alpha value is -4.95. The number of aryl methyl sites for hydroxylation is 4. The number of hydrogen-bond acceptors (Lipinski definition) is 1. The molecule has 2 nitrogen and oxygen atoms in total. The number of hydrogen-bond donors (Lipinski definition) is 0. The van der Waals surface area contributed by atoms with Gasteiger partial charge in [0, 0.05) is 36.2 Å². The Bertz CT molecular complexity index is 2280. The molecule has 0 aliphatic rings. The molecule has 5 aromatic carbocycles. The third-order valence-electron chi connectivity index (χ3n) is 7.91. The topological polar surface area (TPSA) is 17.0 Å². The van der Waals surface area contributed by atoms with Crippen molar-refractivity contribution in [2.75, 3.05) is 0 Å². The lowest BCUT2D eigenvalue weighted by molar-refractivity contribution is -0.660. The standard InChI is InChI=1S/C39H32NO/c1-25-18-20-34-33-17-11-16-32(29-14-9-6-10-15-29)38(33)41-39(34)37(25)36-23-35(27(3)24-40(36)4)31-21-19-30(22-26(31)2)28-12-7-5-8-13-28/h5-24H,1-4H3/q+1/i2D3,3D3. The number of furan rings is 1. The Kier molecular flexibility index (Phi) is 4.63. The van der Waals surface area contributed by atoms with E-state index in [9.17, 15) is 0 Å². The number of pyridine rings is 1. The minimum atomic E-state index is -2.50. The van der Waals surface area contributed by atoms with Gasteiger partial charge in [-0.25, -0.2) is 4.57 Å². The molecule has 0 saturated carbocycles. The summed E-state index contributed by atoms with van der Waals surface area (Å²) in [5.41, 5.74) is 8.43. The highest BCUT2D eigenvalue weighted by Gasteiger charge is 2.24. The number of benzene rings is 5. The van der Waals surface area contributed by atoms with Gasteiger partial charge in [-0.15, -0.1) is 0 Å². The normalized spacial score (nSPS) is 14.2. The van der Waals surface area contributed by atoms with Gasteiger partial charge in [-0.1, -0.05) is 109 Å². The number of para-hydroxylation sites is 1. The number of nitrogens with zero attached hydrogens (tertiary/aromatic N) is 1. The first-order chi connectivity index (χ1) is 22.4. The Balaban J connectivity index is 1.51. The fraction of sp³-hybridized carbons (Fsp3) is 0.103. The Morgan fingerprint density at radius 1 is 0.561 bits per heavy atom. The molecule has 0 unspecified atom stereocenters. The van der Waals surface area contributed by atoms with E-state index >= 15 is 0 Å². The van der Waals surface area contributed by atoms with Gasteiger partial charge < -0.3 is 4.42 Å². The van der Waals surface area contributed by atoms with Gasteiger partial charge in [0.05, 0.1) is 5.56 Å². The van der Waals surface area contributed by atoms with Crippen LogP contribution in [0.3, 0.4) is 0 Å². The van der Waals surface area contributed by atoms with E-state index in [0.29, 0.717) is 22.4 Å². The zero-order valence-corrected chi connectivity index (χ0v) is 22.9. The second-order valence-corrected chi connectivity index (χ2v) is 10.5. The molecule has 0 saturated heterocycles. The van der Waals surface area contributed by atoms with Gasteiger partial charge in [0.15, 0.2) is 6.20 Å². The van der Waals surface area contributed by atoms with Crippen molar-refractivity contribution >= 4 is 21.9 Å². The van der Waals surface area contributed by atoms with Crippen LogP contribution in [0.15, 0.2) is 126 Å². The van der Waals surface area contributed by atoms with Crippen LogP contribution in [0, 0.1) is 20.6 Å². The summed E-state index contributed by atoms with van der Waals surface area (Å²) in [6.45, 7) is -2.99. The van der Waals surface area contributed by atoms with Crippen molar-refractivity contribution in [3.8, 4) is 44.6 Å². The molecule has 7 rings (SSSR count). The fourth-order valence-corrected chi connectivity index (χ4v) is 5.83. The summed E-state index contributed by atoms with van der Waals surface area (Å²) < 4.78 is 59.3. The molecule has 0 spiro atoms. The first kappa shape index (κ1) is 19.2. The quantitative estimate of drug-likeness (QED) is 0.205. The van der Waals surface area contributed by atoms with Crippen molar-refractivity contribution in [3.63, 3.8) is 0 Å². The third kappa shape index (κ3) is 4.24. The average Bonchev–Trinajstić information content (AvgIpc) is 3.43. The lowest BCUT2D eigenvalue weighted by atomic mass is 9.92. The van der Waals surface area contributed by atoms with Crippen LogP contribution in [-0.2, 0) is 7.05 Å². The molecule has 2 heteroatoms. The molecule has 7 aromatic rings. The van der Waals surface area contributed by atoms with E-state index in [1.165, 1.54) is 0 Å². The number of aromatic nitrogens is 1. The first-order valence-electron chi connectivity index (χ1n) is 16.7. The van der Waals surface area contributed by atoms with Crippen LogP contribution in [-0.4, -0.2) is 0 Å². The van der Waals surface area contributed by atoms with Crippen LogP contribution in [0.5, 0.6) is 0 Å². The van der Waals surface area contributed by atoms with Crippen molar-refractivity contribution in [1.29, 1.82) is 0 Å². The van der Waals surface area contributed by atoms with Crippen LogP contribution >= 0.6 is 0 Å². The van der Waals surface area contributed by atoms with Gasteiger partial charge in [0.1, 0.15) is 18.2 Å². The average molecular weight is 537 g/mol. The zero-order chi connectivity index (χ0) is 33.1. The molecule has 0 radical (unpaired) electrons. The van der Waals surface area contributed by atoms with Gasteiger partial charge in [-0.2, -0.15) is 0 Å². The maximum atomic E-state index is 8.48. The predicted molar refractivity (Wildman–Crippen MR) is 171 cm³/mol. The largest absolute Gasteiger partial charge is 0.454 e. The van der Waals surface area contributed by atoms with Crippen molar-refractivity contribution in [2.24, 2.45) is 7.05 Å². The lowest BCUT2D eigenvalue weighted by Gasteiger charge is -2.13. The smallest absolute Gasteiger partial charge is 0.216 e. The summed E-state index contributed by atoms with van der Waals surface area (Å²) in [5, 5.41) is 1.92. The molecule has 41 heavy (non-hydrogen) atoms. The molecule has 2 aromatic heterocycles. The van der Waals surface area contributed by atoms with Crippen molar-refractivity contribution in [1.82, 2.24) is 0 Å². The van der Waals surface area contributed by atoms with Crippen LogP contribution in [0.2, 0.25) is 0 Å². The summed E-state index contributed by atoms with van der Waals surface area (Å²) in [5.74, 6) is 0. The molecular formula is C39H32NO+. The number of fused-ring (bicyclic) bond motifs is 3. The fourth-order valence-electron chi connectivity index (χ4n) is 5.83. The van der Waals surface area contributed by atoms with Crippen molar-refractivity contribution in [2.45, 2.75) is 20.6 Å². The minimum Gasteiger partial charge on any atom is -0.454 e. The third-order valence-corrected chi connectivity index (χ3v) is 7.91. The molecule has 0 amide bonds. The summed E-state index contributed by atoms with van der Waals surface area (Å²) in [6.07, 6.45) is 1.60. The molecule has 0 fully saturated rings. The molecule has 0 N–H and O–H groups in total. The van der Waals surface area contributed by atoms with Gasteiger partial charge in [-0.05, 0) is 59.6 Å². The Morgan fingerprint density at radius 2 is 1.29 bits per heavy atom. The minimum absolute atomic E-state index is 0.0718. The summed E-state index contributed by atoms with van der Waals surface area (Å²) in [7, 11) is 1.81. The molecule has 0 atom stereocenters. The monoisotopic (exact) mass is 536 g/mol. The SMILES string of the molecule is [2H]C([2H])([2H])c1cc(-c2ccccc2)ccc1-c1cc(-c2c(C)ccc3c2oc2c(-c4ccccc4)cccc23)[n+](C)cc1C([2H])([2H])[2H]. The van der Waals surface area contributed by atoms with Gasteiger partial charge >= 0.3 is 0 Å².